The van der Waals surface area contributed by atoms with Gasteiger partial charge in [0.1, 0.15) is 0 Å². The monoisotopic (exact) mass is 371 g/mol. The number of hydrogen-bond donors (Lipinski definition) is 2. The molecule has 0 atom stereocenters. The fraction of sp³-hybridized carbons (Fsp3) is 0. The van der Waals surface area contributed by atoms with Crippen LogP contribution in [0.15, 0.2) is 57.1 Å². The fourth-order valence-electron chi connectivity index (χ4n) is 2.37. The van der Waals surface area contributed by atoms with Crippen LogP contribution in [-0.4, -0.2) is 15.9 Å². The first-order valence-electron chi connectivity index (χ1n) is 7.24. The Labute approximate surface area is 150 Å². The van der Waals surface area contributed by atoms with Crippen molar-refractivity contribution < 1.29 is 9.21 Å². The third-order valence-electron chi connectivity index (χ3n) is 3.53. The Bertz CT molecular complexity index is 1150. The number of hydrogen-bond acceptors (Lipinski definition) is 5. The van der Waals surface area contributed by atoms with Gasteiger partial charge >= 0.3 is 5.76 Å². The molecule has 4 rings (SSSR count). The summed E-state index contributed by atoms with van der Waals surface area (Å²) in [7, 11) is 0. The summed E-state index contributed by atoms with van der Waals surface area (Å²) in [6.07, 6.45) is 0. The summed E-state index contributed by atoms with van der Waals surface area (Å²) >= 11 is 7.20. The van der Waals surface area contributed by atoms with Gasteiger partial charge in [-0.25, -0.2) is 9.78 Å². The molecule has 0 saturated carbocycles. The number of halogens is 1. The quantitative estimate of drug-likeness (QED) is 0.566. The van der Waals surface area contributed by atoms with Gasteiger partial charge in [-0.3, -0.25) is 15.1 Å². The van der Waals surface area contributed by atoms with Crippen LogP contribution in [0.5, 0.6) is 0 Å². The lowest BCUT2D eigenvalue weighted by molar-refractivity contribution is 0.102. The SMILES string of the molecule is O=C(Nc1nc(-c2ccc3[nH]c(=O)oc3c2)cs1)c1cccc(Cl)c1. The third kappa shape index (κ3) is 3.19. The number of amides is 1. The molecule has 124 valence electrons. The highest BCUT2D eigenvalue weighted by Gasteiger charge is 2.11. The molecule has 8 heteroatoms. The van der Waals surface area contributed by atoms with Gasteiger partial charge in [-0.05, 0) is 30.3 Å². The highest BCUT2D eigenvalue weighted by atomic mass is 35.5. The van der Waals surface area contributed by atoms with E-state index in [9.17, 15) is 9.59 Å². The van der Waals surface area contributed by atoms with E-state index < -0.39 is 5.76 Å². The first kappa shape index (κ1) is 15.6. The summed E-state index contributed by atoms with van der Waals surface area (Å²) in [5.41, 5.74) is 3.00. The molecule has 4 aromatic rings. The maximum absolute atomic E-state index is 12.2. The van der Waals surface area contributed by atoms with E-state index in [1.165, 1.54) is 11.3 Å². The molecule has 0 bridgehead atoms. The summed E-state index contributed by atoms with van der Waals surface area (Å²) in [5, 5.41) is 5.53. The molecule has 2 aromatic heterocycles. The second-order valence-corrected chi connectivity index (χ2v) is 6.52. The van der Waals surface area contributed by atoms with Gasteiger partial charge in [-0.15, -0.1) is 11.3 Å². The minimum absolute atomic E-state index is 0.282. The minimum atomic E-state index is -0.500. The standard InChI is InChI=1S/C17H10ClN3O3S/c18-11-3-1-2-10(6-11)15(22)21-16-19-13(8-25-16)9-4-5-12-14(7-9)24-17(23)20-12/h1-8H,(H,20,23)(H,19,21,22). The Morgan fingerprint density at radius 3 is 2.96 bits per heavy atom. The molecule has 2 aromatic carbocycles. The van der Waals surface area contributed by atoms with E-state index in [4.69, 9.17) is 16.0 Å². The van der Waals surface area contributed by atoms with Crippen molar-refractivity contribution in [3.63, 3.8) is 0 Å². The van der Waals surface area contributed by atoms with Gasteiger partial charge in [0.25, 0.3) is 5.91 Å². The van der Waals surface area contributed by atoms with E-state index in [1.807, 2.05) is 11.4 Å². The van der Waals surface area contributed by atoms with Crippen molar-refractivity contribution in [3.8, 4) is 11.3 Å². The molecule has 2 N–H and O–H groups in total. The molecule has 0 saturated heterocycles. The van der Waals surface area contributed by atoms with Gasteiger partial charge in [-0.2, -0.15) is 0 Å². The Kier molecular flexibility index (Phi) is 3.87. The zero-order valence-corrected chi connectivity index (χ0v) is 14.1. The predicted octanol–water partition coefficient (Wildman–Crippen LogP) is 4.15. The van der Waals surface area contributed by atoms with Crippen molar-refractivity contribution in [2.75, 3.05) is 5.32 Å². The van der Waals surface area contributed by atoms with Gasteiger partial charge in [0.2, 0.25) is 0 Å². The number of rotatable bonds is 3. The molecule has 0 spiro atoms. The number of nitrogens with one attached hydrogen (secondary N) is 2. The lowest BCUT2D eigenvalue weighted by atomic mass is 10.1. The van der Waals surface area contributed by atoms with Crippen LogP contribution in [0.3, 0.4) is 0 Å². The second-order valence-electron chi connectivity index (χ2n) is 5.23. The number of benzene rings is 2. The van der Waals surface area contributed by atoms with Crippen LogP contribution < -0.4 is 11.1 Å². The van der Waals surface area contributed by atoms with Crippen molar-refractivity contribution >= 4 is 45.1 Å². The first-order chi connectivity index (χ1) is 12.1. The van der Waals surface area contributed by atoms with Crippen LogP contribution in [0.25, 0.3) is 22.4 Å². The third-order valence-corrected chi connectivity index (χ3v) is 4.52. The number of oxazole rings is 1. The smallest absolute Gasteiger partial charge is 0.408 e. The molecule has 0 radical (unpaired) electrons. The molecule has 0 fully saturated rings. The number of aromatic amines is 1. The molecule has 1 amide bonds. The van der Waals surface area contributed by atoms with Crippen LogP contribution >= 0.6 is 22.9 Å². The van der Waals surface area contributed by atoms with E-state index in [2.05, 4.69) is 15.3 Å². The summed E-state index contributed by atoms with van der Waals surface area (Å²) in [5.74, 6) is -0.782. The van der Waals surface area contributed by atoms with E-state index in [0.29, 0.717) is 32.5 Å². The van der Waals surface area contributed by atoms with Gasteiger partial charge in [0.15, 0.2) is 10.7 Å². The van der Waals surface area contributed by atoms with Crippen molar-refractivity contribution in [1.82, 2.24) is 9.97 Å². The normalized spacial score (nSPS) is 10.9. The lowest BCUT2D eigenvalue weighted by Crippen LogP contribution is -2.11. The van der Waals surface area contributed by atoms with Gasteiger partial charge in [-0.1, -0.05) is 23.7 Å². The Balaban J connectivity index is 1.58. The minimum Gasteiger partial charge on any atom is -0.408 e. The van der Waals surface area contributed by atoms with Crippen molar-refractivity contribution in [3.05, 3.63) is 69.0 Å². The molecule has 2 heterocycles. The summed E-state index contributed by atoms with van der Waals surface area (Å²) in [6.45, 7) is 0. The number of thiazole rings is 1. The largest absolute Gasteiger partial charge is 0.417 e. The maximum atomic E-state index is 12.2. The molecular weight excluding hydrogens is 362 g/mol. The number of fused-ring (bicyclic) bond motifs is 1. The molecule has 0 aliphatic rings. The molecule has 25 heavy (non-hydrogen) atoms. The number of carbonyl (C=O) groups is 1. The first-order valence-corrected chi connectivity index (χ1v) is 8.50. The number of nitrogens with zero attached hydrogens (tertiary/aromatic N) is 1. The molecule has 0 aliphatic carbocycles. The van der Waals surface area contributed by atoms with Crippen LogP contribution in [-0.2, 0) is 0 Å². The van der Waals surface area contributed by atoms with Crippen molar-refractivity contribution in [1.29, 1.82) is 0 Å². The average molecular weight is 372 g/mol. The topological polar surface area (TPSA) is 88.0 Å². The fourth-order valence-corrected chi connectivity index (χ4v) is 3.27. The summed E-state index contributed by atoms with van der Waals surface area (Å²) in [6, 6.07) is 12.0. The number of H-pyrrole nitrogens is 1. The highest BCUT2D eigenvalue weighted by molar-refractivity contribution is 7.14. The zero-order valence-electron chi connectivity index (χ0n) is 12.6. The van der Waals surface area contributed by atoms with Crippen LogP contribution in [0, 0.1) is 0 Å². The van der Waals surface area contributed by atoms with E-state index in [1.54, 1.807) is 36.4 Å². The van der Waals surface area contributed by atoms with Crippen LogP contribution in [0.4, 0.5) is 5.13 Å². The van der Waals surface area contributed by atoms with Crippen molar-refractivity contribution in [2.24, 2.45) is 0 Å². The number of carbonyl (C=O) groups excluding carboxylic acids is 1. The Hall–Kier alpha value is -2.90. The van der Waals surface area contributed by atoms with Crippen LogP contribution in [0.2, 0.25) is 5.02 Å². The zero-order chi connectivity index (χ0) is 17.4. The number of anilines is 1. The van der Waals surface area contributed by atoms with Gasteiger partial charge in [0.05, 0.1) is 11.2 Å². The summed E-state index contributed by atoms with van der Waals surface area (Å²) < 4.78 is 5.05. The van der Waals surface area contributed by atoms with Crippen LogP contribution in [0.1, 0.15) is 10.4 Å². The Morgan fingerprint density at radius 2 is 2.12 bits per heavy atom. The highest BCUT2D eigenvalue weighted by Crippen LogP contribution is 2.27. The molecule has 0 aliphatic heterocycles. The van der Waals surface area contributed by atoms with Gasteiger partial charge in [0, 0.05) is 21.5 Å². The molecule has 0 unspecified atom stereocenters. The molecular formula is C17H10ClN3O3S. The summed E-state index contributed by atoms with van der Waals surface area (Å²) in [4.78, 5) is 30.4. The average Bonchev–Trinajstić information content (AvgIpc) is 3.19. The number of aromatic nitrogens is 2. The van der Waals surface area contributed by atoms with Gasteiger partial charge < -0.3 is 4.42 Å². The lowest BCUT2D eigenvalue weighted by Gasteiger charge is -2.02. The second kappa shape index (κ2) is 6.19. The Morgan fingerprint density at radius 1 is 1.24 bits per heavy atom. The maximum Gasteiger partial charge on any atom is 0.417 e. The molecule has 6 nitrogen and oxygen atoms in total. The van der Waals surface area contributed by atoms with E-state index in [-0.39, 0.29) is 5.91 Å². The van der Waals surface area contributed by atoms with E-state index >= 15 is 0 Å². The van der Waals surface area contributed by atoms with Crippen molar-refractivity contribution in [2.45, 2.75) is 0 Å². The predicted molar refractivity (Wildman–Crippen MR) is 97.3 cm³/mol. The van der Waals surface area contributed by atoms with E-state index in [0.717, 1.165) is 5.56 Å².